The number of nitrogens with two attached hydrogens (primary N) is 1. The lowest BCUT2D eigenvalue weighted by atomic mass is 10.3. The Morgan fingerprint density at radius 3 is 2.44 bits per heavy atom. The molecule has 0 atom stereocenters. The van der Waals surface area contributed by atoms with Gasteiger partial charge in [-0.15, -0.1) is 0 Å². The van der Waals surface area contributed by atoms with Gasteiger partial charge in [0.05, 0.1) is 19.7 Å². The number of ether oxygens (including phenoxy) is 1. The van der Waals surface area contributed by atoms with Gasteiger partial charge in [-0.3, -0.25) is 9.59 Å². The molecule has 0 aliphatic heterocycles. The van der Waals surface area contributed by atoms with Crippen molar-refractivity contribution >= 4 is 17.5 Å². The maximum Gasteiger partial charge on any atom is 0.243 e. The van der Waals surface area contributed by atoms with Crippen molar-refractivity contribution < 1.29 is 14.3 Å². The number of rotatable bonds is 6. The molecular weight excluding hydrogens is 234 g/mol. The third kappa shape index (κ3) is 4.84. The number of anilines is 1. The highest BCUT2D eigenvalue weighted by atomic mass is 16.5. The van der Waals surface area contributed by atoms with Crippen LogP contribution < -0.4 is 21.1 Å². The van der Waals surface area contributed by atoms with E-state index in [4.69, 9.17) is 10.5 Å². The first-order valence-corrected chi connectivity index (χ1v) is 5.65. The van der Waals surface area contributed by atoms with E-state index in [-0.39, 0.29) is 24.9 Å². The van der Waals surface area contributed by atoms with Crippen LogP contribution in [0, 0.1) is 0 Å². The summed E-state index contributed by atoms with van der Waals surface area (Å²) in [5.74, 6) is 0.0738. The highest BCUT2D eigenvalue weighted by Gasteiger charge is 2.04. The largest absolute Gasteiger partial charge is 0.494 e. The monoisotopic (exact) mass is 251 g/mol. The second kappa shape index (κ2) is 7.29. The summed E-state index contributed by atoms with van der Waals surface area (Å²) in [6.45, 7) is 2.27. The zero-order chi connectivity index (χ0) is 13.4. The molecule has 0 saturated carbocycles. The molecule has 0 aliphatic rings. The molecule has 18 heavy (non-hydrogen) atoms. The van der Waals surface area contributed by atoms with Crippen LogP contribution in [0.4, 0.5) is 5.69 Å². The molecule has 0 radical (unpaired) electrons. The molecule has 0 saturated heterocycles. The molecule has 0 bridgehead atoms. The second-order valence-electron chi connectivity index (χ2n) is 3.49. The quantitative estimate of drug-likeness (QED) is 0.668. The summed E-state index contributed by atoms with van der Waals surface area (Å²) in [7, 11) is 0. The first kappa shape index (κ1) is 14.0. The van der Waals surface area contributed by atoms with E-state index in [1.54, 1.807) is 24.3 Å². The minimum Gasteiger partial charge on any atom is -0.494 e. The molecule has 0 heterocycles. The van der Waals surface area contributed by atoms with E-state index in [0.717, 1.165) is 5.75 Å². The van der Waals surface area contributed by atoms with Crippen LogP contribution in [0.1, 0.15) is 6.92 Å². The molecule has 4 N–H and O–H groups in total. The molecule has 0 aromatic heterocycles. The number of benzene rings is 1. The molecule has 0 aliphatic carbocycles. The first-order chi connectivity index (χ1) is 8.65. The predicted molar refractivity (Wildman–Crippen MR) is 68.3 cm³/mol. The zero-order valence-corrected chi connectivity index (χ0v) is 10.2. The van der Waals surface area contributed by atoms with Crippen molar-refractivity contribution in [2.75, 3.05) is 25.0 Å². The van der Waals surface area contributed by atoms with Gasteiger partial charge in [0.2, 0.25) is 11.8 Å². The molecule has 1 aromatic rings. The van der Waals surface area contributed by atoms with Crippen molar-refractivity contribution in [3.8, 4) is 5.75 Å². The molecule has 0 spiro atoms. The summed E-state index contributed by atoms with van der Waals surface area (Å²) in [6.07, 6.45) is 0. The smallest absolute Gasteiger partial charge is 0.243 e. The fraction of sp³-hybridized carbons (Fsp3) is 0.333. The van der Waals surface area contributed by atoms with Crippen molar-refractivity contribution in [1.82, 2.24) is 5.32 Å². The van der Waals surface area contributed by atoms with Gasteiger partial charge in [0.15, 0.2) is 0 Å². The minimum absolute atomic E-state index is 0.0940. The van der Waals surface area contributed by atoms with E-state index >= 15 is 0 Å². The van der Waals surface area contributed by atoms with Crippen LogP contribution in [-0.2, 0) is 9.59 Å². The summed E-state index contributed by atoms with van der Waals surface area (Å²) < 4.78 is 5.28. The lowest BCUT2D eigenvalue weighted by molar-refractivity contribution is -0.123. The highest BCUT2D eigenvalue weighted by Crippen LogP contribution is 2.15. The SMILES string of the molecule is CCOc1ccc(NC(=O)CNC(=O)CN)cc1. The van der Waals surface area contributed by atoms with Crippen molar-refractivity contribution in [2.45, 2.75) is 6.92 Å². The van der Waals surface area contributed by atoms with Gasteiger partial charge >= 0.3 is 0 Å². The van der Waals surface area contributed by atoms with Gasteiger partial charge in [-0.05, 0) is 31.2 Å². The third-order valence-corrected chi connectivity index (χ3v) is 2.08. The van der Waals surface area contributed by atoms with Gasteiger partial charge < -0.3 is 21.1 Å². The number of amides is 2. The van der Waals surface area contributed by atoms with Gasteiger partial charge in [0.25, 0.3) is 0 Å². The Morgan fingerprint density at radius 1 is 1.22 bits per heavy atom. The van der Waals surface area contributed by atoms with Crippen LogP contribution in [0.2, 0.25) is 0 Å². The Balaban J connectivity index is 2.42. The van der Waals surface area contributed by atoms with Crippen LogP contribution in [-0.4, -0.2) is 31.5 Å². The first-order valence-electron chi connectivity index (χ1n) is 5.65. The lowest BCUT2D eigenvalue weighted by Gasteiger charge is -2.07. The topological polar surface area (TPSA) is 93.5 Å². The van der Waals surface area contributed by atoms with Crippen LogP contribution in [0.3, 0.4) is 0 Å². The number of carbonyl (C=O) groups is 2. The molecule has 2 amide bonds. The number of nitrogens with one attached hydrogen (secondary N) is 2. The lowest BCUT2D eigenvalue weighted by Crippen LogP contribution is -2.36. The summed E-state index contributed by atoms with van der Waals surface area (Å²) in [5, 5.41) is 5.02. The molecular formula is C12H17N3O3. The Hall–Kier alpha value is -2.08. The fourth-order valence-electron chi connectivity index (χ4n) is 1.26. The van der Waals surface area contributed by atoms with Gasteiger partial charge in [-0.2, -0.15) is 0 Å². The molecule has 1 rings (SSSR count). The summed E-state index contributed by atoms with van der Waals surface area (Å²) >= 11 is 0. The molecule has 1 aromatic carbocycles. The van der Waals surface area contributed by atoms with Crippen molar-refractivity contribution in [1.29, 1.82) is 0 Å². The number of carbonyl (C=O) groups excluding carboxylic acids is 2. The van der Waals surface area contributed by atoms with Crippen molar-refractivity contribution in [2.24, 2.45) is 5.73 Å². The molecule has 0 unspecified atom stereocenters. The Bertz CT molecular complexity index is 404. The van der Waals surface area contributed by atoms with Gasteiger partial charge in [0, 0.05) is 5.69 Å². The maximum atomic E-state index is 11.4. The van der Waals surface area contributed by atoms with E-state index in [1.165, 1.54) is 0 Å². The normalized spacial score (nSPS) is 9.67. The van der Waals surface area contributed by atoms with Crippen LogP contribution >= 0.6 is 0 Å². The van der Waals surface area contributed by atoms with Crippen LogP contribution in [0.5, 0.6) is 5.75 Å². The average Bonchev–Trinajstić information content (AvgIpc) is 2.38. The molecule has 6 nitrogen and oxygen atoms in total. The molecule has 98 valence electrons. The third-order valence-electron chi connectivity index (χ3n) is 2.08. The highest BCUT2D eigenvalue weighted by molar-refractivity contribution is 5.94. The van der Waals surface area contributed by atoms with E-state index < -0.39 is 0 Å². The maximum absolute atomic E-state index is 11.4. The Kier molecular flexibility index (Phi) is 5.66. The summed E-state index contributed by atoms with van der Waals surface area (Å²) in [6, 6.07) is 6.98. The second-order valence-corrected chi connectivity index (χ2v) is 3.49. The summed E-state index contributed by atoms with van der Waals surface area (Å²) in [5.41, 5.74) is 5.74. The van der Waals surface area contributed by atoms with Crippen LogP contribution in [0.15, 0.2) is 24.3 Å². The van der Waals surface area contributed by atoms with Gasteiger partial charge in [0.1, 0.15) is 5.75 Å². The van der Waals surface area contributed by atoms with Gasteiger partial charge in [-0.25, -0.2) is 0 Å². The molecule has 6 heteroatoms. The summed E-state index contributed by atoms with van der Waals surface area (Å²) in [4.78, 5) is 22.3. The van der Waals surface area contributed by atoms with Crippen molar-refractivity contribution in [3.63, 3.8) is 0 Å². The predicted octanol–water partition coefficient (Wildman–Crippen LogP) is 0.0987. The van der Waals surface area contributed by atoms with E-state index in [1.807, 2.05) is 6.92 Å². The standard InChI is InChI=1S/C12H17N3O3/c1-2-18-10-5-3-9(4-6-10)15-12(17)8-14-11(16)7-13/h3-6H,2,7-8,13H2,1H3,(H,14,16)(H,15,17). The number of hydrogen-bond acceptors (Lipinski definition) is 4. The van der Waals surface area contributed by atoms with E-state index in [0.29, 0.717) is 12.3 Å². The number of hydrogen-bond donors (Lipinski definition) is 3. The zero-order valence-electron chi connectivity index (χ0n) is 10.2. The van der Waals surface area contributed by atoms with Crippen LogP contribution in [0.25, 0.3) is 0 Å². The Labute approximate surface area is 105 Å². The van der Waals surface area contributed by atoms with E-state index in [9.17, 15) is 9.59 Å². The minimum atomic E-state index is -0.364. The van der Waals surface area contributed by atoms with Crippen molar-refractivity contribution in [3.05, 3.63) is 24.3 Å². The van der Waals surface area contributed by atoms with Gasteiger partial charge in [-0.1, -0.05) is 0 Å². The molecule has 0 fully saturated rings. The average molecular weight is 251 g/mol. The Morgan fingerprint density at radius 2 is 1.89 bits per heavy atom. The fourth-order valence-corrected chi connectivity index (χ4v) is 1.26. The van der Waals surface area contributed by atoms with E-state index in [2.05, 4.69) is 10.6 Å².